The van der Waals surface area contributed by atoms with Gasteiger partial charge >= 0.3 is 0 Å². The van der Waals surface area contributed by atoms with Crippen molar-refractivity contribution in [3.63, 3.8) is 0 Å². The summed E-state index contributed by atoms with van der Waals surface area (Å²) in [7, 11) is 0. The molecule has 0 aromatic carbocycles. The average molecular weight is 186 g/mol. The van der Waals surface area contributed by atoms with Crippen LogP contribution in [0.1, 0.15) is 32.6 Å². The number of likely N-dealkylation sites (tertiary alicyclic amines) is 1. The third-order valence-electron chi connectivity index (χ3n) is 2.90. The molecule has 1 rings (SSSR count). The van der Waals surface area contributed by atoms with Crippen molar-refractivity contribution < 1.29 is 5.11 Å². The van der Waals surface area contributed by atoms with Gasteiger partial charge in [-0.15, -0.1) is 0 Å². The lowest BCUT2D eigenvalue weighted by molar-refractivity contribution is 0.111. The maximum atomic E-state index is 9.22. The van der Waals surface area contributed by atoms with E-state index < -0.39 is 0 Å². The molecule has 0 aromatic rings. The molecule has 13 heavy (non-hydrogen) atoms. The molecule has 0 aliphatic carbocycles. The quantitative estimate of drug-likeness (QED) is 0.677. The Morgan fingerprint density at radius 2 is 1.77 bits per heavy atom. The molecule has 1 aliphatic heterocycles. The SMILES string of the molecule is CC(N)C(CO)N1CCCCCC1. The van der Waals surface area contributed by atoms with Crippen molar-refractivity contribution in [3.05, 3.63) is 0 Å². The number of hydrogen-bond acceptors (Lipinski definition) is 3. The minimum Gasteiger partial charge on any atom is -0.395 e. The van der Waals surface area contributed by atoms with Crippen molar-refractivity contribution in [2.24, 2.45) is 5.73 Å². The van der Waals surface area contributed by atoms with E-state index >= 15 is 0 Å². The van der Waals surface area contributed by atoms with Crippen molar-refractivity contribution in [2.45, 2.75) is 44.7 Å². The lowest BCUT2D eigenvalue weighted by Crippen LogP contribution is -2.49. The van der Waals surface area contributed by atoms with Crippen LogP contribution >= 0.6 is 0 Å². The van der Waals surface area contributed by atoms with Crippen LogP contribution in [0.4, 0.5) is 0 Å². The minimum absolute atomic E-state index is 0.0723. The van der Waals surface area contributed by atoms with Gasteiger partial charge in [-0.25, -0.2) is 0 Å². The number of aliphatic hydroxyl groups excluding tert-OH is 1. The van der Waals surface area contributed by atoms with Gasteiger partial charge in [-0.3, -0.25) is 4.90 Å². The van der Waals surface area contributed by atoms with E-state index in [2.05, 4.69) is 4.90 Å². The number of rotatable bonds is 3. The lowest BCUT2D eigenvalue weighted by Gasteiger charge is -2.31. The smallest absolute Gasteiger partial charge is 0.0601 e. The third kappa shape index (κ3) is 3.25. The van der Waals surface area contributed by atoms with Crippen LogP contribution in [0.5, 0.6) is 0 Å². The molecule has 78 valence electrons. The Labute approximate surface area is 80.9 Å². The summed E-state index contributed by atoms with van der Waals surface area (Å²) in [5, 5.41) is 9.22. The molecule has 0 saturated carbocycles. The van der Waals surface area contributed by atoms with Crippen molar-refractivity contribution in [1.82, 2.24) is 4.90 Å². The second-order valence-corrected chi connectivity index (χ2v) is 4.06. The van der Waals surface area contributed by atoms with E-state index in [1.165, 1.54) is 25.7 Å². The van der Waals surface area contributed by atoms with Crippen LogP contribution in [0.15, 0.2) is 0 Å². The van der Waals surface area contributed by atoms with Gasteiger partial charge < -0.3 is 10.8 Å². The molecule has 1 heterocycles. The molecular formula is C10H22N2O. The summed E-state index contributed by atoms with van der Waals surface area (Å²) in [6.45, 7) is 4.38. The second kappa shape index (κ2) is 5.58. The average Bonchev–Trinajstić information content (AvgIpc) is 2.33. The first-order valence-corrected chi connectivity index (χ1v) is 5.36. The molecule has 0 bridgehead atoms. The topological polar surface area (TPSA) is 49.5 Å². The lowest BCUT2D eigenvalue weighted by atomic mass is 10.1. The van der Waals surface area contributed by atoms with Gasteiger partial charge in [-0.05, 0) is 32.9 Å². The molecule has 0 spiro atoms. The van der Waals surface area contributed by atoms with Crippen molar-refractivity contribution >= 4 is 0 Å². The van der Waals surface area contributed by atoms with E-state index in [4.69, 9.17) is 5.73 Å². The normalized spacial score (nSPS) is 25.2. The highest BCUT2D eigenvalue weighted by Gasteiger charge is 2.21. The van der Waals surface area contributed by atoms with Gasteiger partial charge in [0.1, 0.15) is 0 Å². The number of nitrogens with zero attached hydrogens (tertiary/aromatic N) is 1. The summed E-state index contributed by atoms with van der Waals surface area (Å²) >= 11 is 0. The van der Waals surface area contributed by atoms with E-state index in [0.717, 1.165) is 13.1 Å². The van der Waals surface area contributed by atoms with Crippen LogP contribution in [-0.2, 0) is 0 Å². The number of nitrogens with two attached hydrogens (primary N) is 1. The molecule has 1 fully saturated rings. The maximum Gasteiger partial charge on any atom is 0.0601 e. The van der Waals surface area contributed by atoms with Gasteiger partial charge in [0, 0.05) is 12.1 Å². The van der Waals surface area contributed by atoms with Gasteiger partial charge in [-0.2, -0.15) is 0 Å². The molecule has 0 radical (unpaired) electrons. The van der Waals surface area contributed by atoms with E-state index in [1.807, 2.05) is 6.92 Å². The third-order valence-corrected chi connectivity index (χ3v) is 2.90. The van der Waals surface area contributed by atoms with E-state index in [1.54, 1.807) is 0 Å². The predicted molar refractivity (Wildman–Crippen MR) is 54.6 cm³/mol. The second-order valence-electron chi connectivity index (χ2n) is 4.06. The van der Waals surface area contributed by atoms with Crippen LogP contribution in [-0.4, -0.2) is 41.8 Å². The Hall–Kier alpha value is -0.120. The van der Waals surface area contributed by atoms with E-state index in [0.29, 0.717) is 0 Å². The molecule has 2 unspecified atom stereocenters. The van der Waals surface area contributed by atoms with Gasteiger partial charge in [0.2, 0.25) is 0 Å². The zero-order valence-corrected chi connectivity index (χ0v) is 8.58. The molecule has 0 amide bonds. The van der Waals surface area contributed by atoms with Gasteiger partial charge in [0.15, 0.2) is 0 Å². The Morgan fingerprint density at radius 1 is 1.23 bits per heavy atom. The summed E-state index contributed by atoms with van der Waals surface area (Å²) < 4.78 is 0. The summed E-state index contributed by atoms with van der Waals surface area (Å²) in [5.74, 6) is 0. The van der Waals surface area contributed by atoms with Gasteiger partial charge in [0.05, 0.1) is 6.61 Å². The molecule has 1 saturated heterocycles. The monoisotopic (exact) mass is 186 g/mol. The Bertz CT molecular complexity index is 131. The predicted octanol–water partition coefficient (Wildman–Crippen LogP) is 0.570. The first-order valence-electron chi connectivity index (χ1n) is 5.36. The van der Waals surface area contributed by atoms with Crippen molar-refractivity contribution in [3.8, 4) is 0 Å². The van der Waals surface area contributed by atoms with Crippen LogP contribution in [0, 0.1) is 0 Å². The maximum absolute atomic E-state index is 9.22. The first-order chi connectivity index (χ1) is 6.25. The van der Waals surface area contributed by atoms with Crippen molar-refractivity contribution in [1.29, 1.82) is 0 Å². The van der Waals surface area contributed by atoms with Crippen molar-refractivity contribution in [2.75, 3.05) is 19.7 Å². The van der Waals surface area contributed by atoms with Crippen LogP contribution in [0.2, 0.25) is 0 Å². The summed E-state index contributed by atoms with van der Waals surface area (Å²) in [4.78, 5) is 2.34. The fourth-order valence-electron chi connectivity index (χ4n) is 2.04. The minimum atomic E-state index is 0.0723. The summed E-state index contributed by atoms with van der Waals surface area (Å²) in [6.07, 6.45) is 5.16. The van der Waals surface area contributed by atoms with Gasteiger partial charge in [-0.1, -0.05) is 12.8 Å². The fourth-order valence-corrected chi connectivity index (χ4v) is 2.04. The molecular weight excluding hydrogens is 164 g/mol. The molecule has 1 aliphatic rings. The summed E-state index contributed by atoms with van der Waals surface area (Å²) in [6, 6.07) is 0.237. The first kappa shape index (κ1) is 11.0. The Morgan fingerprint density at radius 3 is 2.15 bits per heavy atom. The van der Waals surface area contributed by atoms with Crippen LogP contribution in [0.25, 0.3) is 0 Å². The highest BCUT2D eigenvalue weighted by molar-refractivity contribution is 4.79. The van der Waals surface area contributed by atoms with Crippen LogP contribution in [0.3, 0.4) is 0 Å². The highest BCUT2D eigenvalue weighted by atomic mass is 16.3. The largest absolute Gasteiger partial charge is 0.395 e. The Kier molecular flexibility index (Phi) is 4.70. The molecule has 0 aromatic heterocycles. The van der Waals surface area contributed by atoms with Crippen LogP contribution < -0.4 is 5.73 Å². The number of hydrogen-bond donors (Lipinski definition) is 2. The Balaban J connectivity index is 2.45. The van der Waals surface area contributed by atoms with E-state index in [-0.39, 0.29) is 18.7 Å². The zero-order chi connectivity index (χ0) is 9.68. The van der Waals surface area contributed by atoms with Gasteiger partial charge in [0.25, 0.3) is 0 Å². The summed E-state index contributed by atoms with van der Waals surface area (Å²) in [5.41, 5.74) is 5.83. The zero-order valence-electron chi connectivity index (χ0n) is 8.58. The van der Waals surface area contributed by atoms with E-state index in [9.17, 15) is 5.11 Å². The molecule has 3 heteroatoms. The molecule has 3 nitrogen and oxygen atoms in total. The highest BCUT2D eigenvalue weighted by Crippen LogP contribution is 2.13. The fraction of sp³-hybridized carbons (Fsp3) is 1.00. The standard InChI is InChI=1S/C10H22N2O/c1-9(11)10(8-13)12-6-4-2-3-5-7-12/h9-10,13H,2-8,11H2,1H3. The molecule has 2 atom stereocenters. The molecule has 3 N–H and O–H groups in total. The number of aliphatic hydroxyl groups is 1.